The van der Waals surface area contributed by atoms with E-state index in [1.165, 1.54) is 6.07 Å². The van der Waals surface area contributed by atoms with Crippen LogP contribution in [0.1, 0.15) is 31.2 Å². The van der Waals surface area contributed by atoms with Gasteiger partial charge in [-0.05, 0) is 34.1 Å². The molecule has 1 fully saturated rings. The van der Waals surface area contributed by atoms with E-state index in [-0.39, 0.29) is 17.3 Å². The molecule has 4 nitrogen and oxygen atoms in total. The molecule has 0 amide bonds. The van der Waals surface area contributed by atoms with E-state index in [1.54, 1.807) is 24.5 Å². The Morgan fingerprint density at radius 1 is 1.26 bits per heavy atom. The average molecular weight is 378 g/mol. The molecule has 1 aromatic carbocycles. The molecule has 2 aliphatic rings. The summed E-state index contributed by atoms with van der Waals surface area (Å²) in [6.07, 6.45) is 5.28. The van der Waals surface area contributed by atoms with Gasteiger partial charge in [-0.25, -0.2) is 14.4 Å². The van der Waals surface area contributed by atoms with E-state index in [1.807, 2.05) is 0 Å². The van der Waals surface area contributed by atoms with Gasteiger partial charge in [0.15, 0.2) is 0 Å². The van der Waals surface area contributed by atoms with Gasteiger partial charge in [-0.2, -0.15) is 0 Å². The molecule has 0 N–H and O–H groups in total. The maximum absolute atomic E-state index is 13.5. The minimum Gasteiger partial charge on any atom is -0.486 e. The normalized spacial score (nSPS) is 22.0. The number of piperidine rings is 1. The number of halogens is 2. The molecule has 4 rings (SSSR count). The van der Waals surface area contributed by atoms with Crippen molar-refractivity contribution < 1.29 is 9.13 Å². The second-order valence-corrected chi connectivity index (χ2v) is 7.07. The van der Waals surface area contributed by atoms with E-state index in [2.05, 4.69) is 37.7 Å². The van der Waals surface area contributed by atoms with Crippen molar-refractivity contribution in [3.63, 3.8) is 0 Å². The number of ether oxygens (including phenoxy) is 1. The maximum Gasteiger partial charge on any atom is 0.147 e. The quantitative estimate of drug-likeness (QED) is 0.754. The van der Waals surface area contributed by atoms with Crippen molar-refractivity contribution in [3.8, 4) is 5.75 Å². The zero-order valence-corrected chi connectivity index (χ0v) is 14.4. The first-order valence-electron chi connectivity index (χ1n) is 7.78. The third-order valence-corrected chi connectivity index (χ3v) is 5.49. The second kappa shape index (κ2) is 5.44. The fourth-order valence-electron chi connectivity index (χ4n) is 3.66. The van der Waals surface area contributed by atoms with Crippen molar-refractivity contribution in [2.24, 2.45) is 0 Å². The van der Waals surface area contributed by atoms with Gasteiger partial charge in [0.1, 0.15) is 27.6 Å². The number of rotatable bonds is 1. The Morgan fingerprint density at radius 3 is 2.74 bits per heavy atom. The molecule has 0 aliphatic carbocycles. The van der Waals surface area contributed by atoms with Crippen LogP contribution in [0.5, 0.6) is 5.75 Å². The first kappa shape index (κ1) is 14.9. The Morgan fingerprint density at radius 2 is 2.04 bits per heavy atom. The molecule has 1 spiro atoms. The lowest BCUT2D eigenvalue weighted by atomic mass is 9.79. The molecule has 6 heteroatoms. The lowest BCUT2D eigenvalue weighted by Gasteiger charge is -2.41. The van der Waals surface area contributed by atoms with Crippen molar-refractivity contribution in [1.29, 1.82) is 0 Å². The van der Waals surface area contributed by atoms with Gasteiger partial charge in [0.05, 0.1) is 12.4 Å². The van der Waals surface area contributed by atoms with Gasteiger partial charge < -0.3 is 9.64 Å². The SMILES string of the molecule is C[C@@H]1c2cc(F)ccc2OC12CCN(c1cnc(Br)cn1)CC2. The zero-order valence-electron chi connectivity index (χ0n) is 12.8. The summed E-state index contributed by atoms with van der Waals surface area (Å²) >= 11 is 3.31. The summed E-state index contributed by atoms with van der Waals surface area (Å²) in [5.41, 5.74) is 0.761. The zero-order chi connectivity index (χ0) is 16.0. The number of anilines is 1. The van der Waals surface area contributed by atoms with E-state index in [9.17, 15) is 4.39 Å². The van der Waals surface area contributed by atoms with Crippen LogP contribution in [0.25, 0.3) is 0 Å². The molecule has 0 unspecified atom stereocenters. The first-order chi connectivity index (χ1) is 11.1. The molecule has 2 aliphatic heterocycles. The lowest BCUT2D eigenvalue weighted by molar-refractivity contribution is 0.0464. The van der Waals surface area contributed by atoms with E-state index < -0.39 is 0 Å². The molecule has 1 saturated heterocycles. The van der Waals surface area contributed by atoms with Crippen molar-refractivity contribution in [3.05, 3.63) is 46.6 Å². The number of aromatic nitrogens is 2. The summed E-state index contributed by atoms with van der Waals surface area (Å²) in [7, 11) is 0. The van der Waals surface area contributed by atoms with Crippen LogP contribution < -0.4 is 9.64 Å². The van der Waals surface area contributed by atoms with E-state index in [0.717, 1.165) is 47.7 Å². The molecule has 23 heavy (non-hydrogen) atoms. The van der Waals surface area contributed by atoms with E-state index in [0.29, 0.717) is 0 Å². The Kier molecular flexibility index (Phi) is 3.52. The number of fused-ring (bicyclic) bond motifs is 1. The first-order valence-corrected chi connectivity index (χ1v) is 8.58. The van der Waals surface area contributed by atoms with Gasteiger partial charge in [-0.1, -0.05) is 6.92 Å². The molecular weight excluding hydrogens is 361 g/mol. The van der Waals surface area contributed by atoms with Crippen LogP contribution in [-0.4, -0.2) is 28.7 Å². The van der Waals surface area contributed by atoms with E-state index >= 15 is 0 Å². The smallest absolute Gasteiger partial charge is 0.147 e. The fraction of sp³-hybridized carbons (Fsp3) is 0.412. The van der Waals surface area contributed by atoms with Gasteiger partial charge in [0.25, 0.3) is 0 Å². The van der Waals surface area contributed by atoms with Crippen LogP contribution in [0.2, 0.25) is 0 Å². The van der Waals surface area contributed by atoms with Crippen LogP contribution in [0, 0.1) is 5.82 Å². The monoisotopic (exact) mass is 377 g/mol. The summed E-state index contributed by atoms with van der Waals surface area (Å²) in [5.74, 6) is 1.72. The Balaban J connectivity index is 1.52. The fourth-order valence-corrected chi connectivity index (χ4v) is 3.86. The summed E-state index contributed by atoms with van der Waals surface area (Å²) in [4.78, 5) is 10.9. The molecule has 0 radical (unpaired) electrons. The van der Waals surface area contributed by atoms with Crippen LogP contribution in [0.3, 0.4) is 0 Å². The highest BCUT2D eigenvalue weighted by molar-refractivity contribution is 9.10. The molecule has 3 heterocycles. The van der Waals surface area contributed by atoms with Crippen LogP contribution in [0.4, 0.5) is 10.2 Å². The lowest BCUT2D eigenvalue weighted by Crippen LogP contribution is -2.49. The summed E-state index contributed by atoms with van der Waals surface area (Å²) in [5, 5.41) is 0. The number of hydrogen-bond acceptors (Lipinski definition) is 4. The second-order valence-electron chi connectivity index (χ2n) is 6.26. The van der Waals surface area contributed by atoms with Gasteiger partial charge in [0.2, 0.25) is 0 Å². The summed E-state index contributed by atoms with van der Waals surface area (Å²) < 4.78 is 20.5. The maximum atomic E-state index is 13.5. The van der Waals surface area contributed by atoms with Gasteiger partial charge >= 0.3 is 0 Å². The highest BCUT2D eigenvalue weighted by Gasteiger charge is 2.47. The Bertz CT molecular complexity index is 729. The average Bonchev–Trinajstić information content (AvgIpc) is 2.82. The minimum atomic E-state index is -0.227. The van der Waals surface area contributed by atoms with Crippen molar-refractivity contribution in [2.45, 2.75) is 31.3 Å². The molecule has 1 aromatic heterocycles. The van der Waals surface area contributed by atoms with Crippen molar-refractivity contribution >= 4 is 21.7 Å². The van der Waals surface area contributed by atoms with Gasteiger partial charge in [0, 0.05) is 37.4 Å². The van der Waals surface area contributed by atoms with Gasteiger partial charge in [-0.15, -0.1) is 0 Å². The third-order valence-electron chi connectivity index (χ3n) is 5.08. The Labute approximate surface area is 142 Å². The molecule has 2 aromatic rings. The Hall–Kier alpha value is -1.69. The predicted molar refractivity (Wildman–Crippen MR) is 89.4 cm³/mol. The topological polar surface area (TPSA) is 38.2 Å². The van der Waals surface area contributed by atoms with Crippen LogP contribution >= 0.6 is 15.9 Å². The standard InChI is InChI=1S/C17H17BrFN3O/c1-11-13-8-12(19)2-3-14(13)23-17(11)4-6-22(7-5-17)16-10-20-15(18)9-21-16/h2-3,8-11H,4-7H2,1H3/t11-/m1/s1. The van der Waals surface area contributed by atoms with Gasteiger partial charge in [-0.3, -0.25) is 0 Å². The van der Waals surface area contributed by atoms with Crippen LogP contribution in [-0.2, 0) is 0 Å². The minimum absolute atomic E-state index is 0.196. The molecular formula is C17H17BrFN3O. The largest absolute Gasteiger partial charge is 0.486 e. The number of nitrogens with zero attached hydrogens (tertiary/aromatic N) is 3. The van der Waals surface area contributed by atoms with E-state index in [4.69, 9.17) is 4.74 Å². The predicted octanol–water partition coefficient (Wildman–Crippen LogP) is 3.91. The van der Waals surface area contributed by atoms with Crippen molar-refractivity contribution in [2.75, 3.05) is 18.0 Å². The third kappa shape index (κ3) is 2.49. The number of hydrogen-bond donors (Lipinski definition) is 0. The highest BCUT2D eigenvalue weighted by atomic mass is 79.9. The molecule has 1 atom stereocenters. The summed E-state index contributed by atoms with van der Waals surface area (Å²) in [6, 6.07) is 4.83. The highest BCUT2D eigenvalue weighted by Crippen LogP contribution is 2.49. The molecule has 0 saturated carbocycles. The molecule has 0 bridgehead atoms. The number of benzene rings is 1. The summed E-state index contributed by atoms with van der Waals surface area (Å²) in [6.45, 7) is 3.86. The van der Waals surface area contributed by atoms with Crippen molar-refractivity contribution in [1.82, 2.24) is 9.97 Å². The van der Waals surface area contributed by atoms with Crippen LogP contribution in [0.15, 0.2) is 35.2 Å². The molecule has 120 valence electrons.